The minimum Gasteiger partial charge on any atom is -0.493 e. The van der Waals surface area contributed by atoms with E-state index in [2.05, 4.69) is 16.6 Å². The smallest absolute Gasteiger partial charge is 0.257 e. The fraction of sp³-hybridized carbons (Fsp3) is 0.400. The van der Waals surface area contributed by atoms with Crippen molar-refractivity contribution in [3.63, 3.8) is 0 Å². The Balaban J connectivity index is 1.11. The van der Waals surface area contributed by atoms with Gasteiger partial charge in [0.15, 0.2) is 23.0 Å². The SMILES string of the molecule is C=C1C[C@H]2C=Nc3cc(OCCCOc4cc5c(cc4OC)C(=O)N4CCCC4C=N5)c(OC)cc3C(=O)N2C1. The fourth-order valence-electron chi connectivity index (χ4n) is 5.65. The Bertz CT molecular complexity index is 1430. The Morgan fingerprint density at radius 1 is 0.825 bits per heavy atom. The van der Waals surface area contributed by atoms with Gasteiger partial charge in [0, 0.05) is 44.1 Å². The van der Waals surface area contributed by atoms with E-state index in [9.17, 15) is 9.59 Å². The molecule has 0 saturated carbocycles. The van der Waals surface area contributed by atoms with Gasteiger partial charge in [-0.3, -0.25) is 19.6 Å². The molecule has 1 unspecified atom stereocenters. The summed E-state index contributed by atoms with van der Waals surface area (Å²) in [4.78, 5) is 39.0. The topological polar surface area (TPSA) is 102 Å². The second-order valence-electron chi connectivity index (χ2n) is 10.3. The first-order valence-electron chi connectivity index (χ1n) is 13.5. The summed E-state index contributed by atoms with van der Waals surface area (Å²) in [5.41, 5.74) is 3.17. The lowest BCUT2D eigenvalue weighted by molar-refractivity contribution is 0.0768. The highest BCUT2D eigenvalue weighted by Crippen LogP contribution is 2.40. The van der Waals surface area contributed by atoms with Crippen molar-refractivity contribution in [2.75, 3.05) is 40.5 Å². The fourth-order valence-corrected chi connectivity index (χ4v) is 5.65. The van der Waals surface area contributed by atoms with Crippen LogP contribution < -0.4 is 18.9 Å². The molecule has 4 heterocycles. The molecule has 40 heavy (non-hydrogen) atoms. The van der Waals surface area contributed by atoms with Crippen molar-refractivity contribution in [3.8, 4) is 23.0 Å². The number of aliphatic imine (C=N–C) groups is 2. The zero-order valence-corrected chi connectivity index (χ0v) is 22.7. The van der Waals surface area contributed by atoms with Crippen molar-refractivity contribution in [2.45, 2.75) is 37.8 Å². The lowest BCUT2D eigenvalue weighted by Crippen LogP contribution is -2.35. The first kappa shape index (κ1) is 25.9. The summed E-state index contributed by atoms with van der Waals surface area (Å²) >= 11 is 0. The van der Waals surface area contributed by atoms with Gasteiger partial charge in [-0.15, -0.1) is 0 Å². The van der Waals surface area contributed by atoms with Crippen LogP contribution >= 0.6 is 0 Å². The van der Waals surface area contributed by atoms with E-state index < -0.39 is 0 Å². The summed E-state index contributed by atoms with van der Waals surface area (Å²) in [6.07, 6.45) is 6.86. The monoisotopic (exact) mass is 544 g/mol. The Morgan fingerprint density at radius 3 is 2.00 bits per heavy atom. The second-order valence-corrected chi connectivity index (χ2v) is 10.3. The van der Waals surface area contributed by atoms with Crippen LogP contribution in [0.4, 0.5) is 11.4 Å². The Hall–Kier alpha value is -4.34. The highest BCUT2D eigenvalue weighted by Gasteiger charge is 2.35. The molecule has 2 saturated heterocycles. The van der Waals surface area contributed by atoms with E-state index in [1.807, 2.05) is 11.1 Å². The number of rotatable bonds is 8. The molecule has 6 rings (SSSR count). The number of hydrogen-bond acceptors (Lipinski definition) is 8. The van der Waals surface area contributed by atoms with E-state index >= 15 is 0 Å². The van der Waals surface area contributed by atoms with Crippen LogP contribution in [0.1, 0.15) is 46.4 Å². The molecule has 2 amide bonds. The average molecular weight is 545 g/mol. The maximum Gasteiger partial charge on any atom is 0.257 e. The van der Waals surface area contributed by atoms with E-state index in [4.69, 9.17) is 18.9 Å². The summed E-state index contributed by atoms with van der Waals surface area (Å²) in [5, 5.41) is 0. The minimum absolute atomic E-state index is 0.0279. The van der Waals surface area contributed by atoms with Crippen molar-refractivity contribution in [3.05, 3.63) is 47.5 Å². The molecule has 0 N–H and O–H groups in total. The van der Waals surface area contributed by atoms with Crippen molar-refractivity contribution in [1.29, 1.82) is 0 Å². The molecule has 2 fully saturated rings. The molecular formula is C30H32N4O6. The van der Waals surface area contributed by atoms with Gasteiger partial charge < -0.3 is 28.7 Å². The highest BCUT2D eigenvalue weighted by atomic mass is 16.5. The summed E-state index contributed by atoms with van der Waals surface area (Å²) < 4.78 is 23.1. The number of amides is 2. The minimum atomic E-state index is -0.0875. The molecular weight excluding hydrogens is 512 g/mol. The van der Waals surface area contributed by atoms with E-state index in [1.165, 1.54) is 0 Å². The van der Waals surface area contributed by atoms with Crippen LogP contribution in [-0.4, -0.2) is 86.6 Å². The quantitative estimate of drug-likeness (QED) is 0.362. The molecule has 0 bridgehead atoms. The lowest BCUT2D eigenvalue weighted by Gasteiger charge is -2.20. The third-order valence-corrected chi connectivity index (χ3v) is 7.71. The van der Waals surface area contributed by atoms with E-state index in [-0.39, 0.29) is 23.9 Å². The largest absolute Gasteiger partial charge is 0.493 e. The number of ether oxygens (including phenoxy) is 4. The number of methoxy groups -OCH3 is 2. The Labute approximate surface area is 232 Å². The van der Waals surface area contributed by atoms with Crippen molar-refractivity contribution >= 4 is 35.6 Å². The van der Waals surface area contributed by atoms with Crippen molar-refractivity contribution in [2.24, 2.45) is 9.98 Å². The predicted octanol–water partition coefficient (Wildman–Crippen LogP) is 4.36. The maximum absolute atomic E-state index is 13.2. The number of carbonyl (C=O) groups excluding carboxylic acids is 2. The molecule has 0 aromatic heterocycles. The summed E-state index contributed by atoms with van der Waals surface area (Å²) in [6, 6.07) is 6.87. The average Bonchev–Trinajstić information content (AvgIpc) is 3.54. The molecule has 2 atom stereocenters. The van der Waals surface area contributed by atoms with Gasteiger partial charge in [0.05, 0.1) is 62.0 Å². The predicted molar refractivity (Wildman–Crippen MR) is 151 cm³/mol. The van der Waals surface area contributed by atoms with E-state index in [0.717, 1.165) is 31.4 Å². The van der Waals surface area contributed by atoms with Crippen molar-refractivity contribution < 1.29 is 28.5 Å². The van der Waals surface area contributed by atoms with Crippen LogP contribution in [0.15, 0.2) is 46.4 Å². The van der Waals surface area contributed by atoms with Crippen LogP contribution in [0, 0.1) is 0 Å². The van der Waals surface area contributed by atoms with E-state index in [1.54, 1.807) is 49.6 Å². The van der Waals surface area contributed by atoms with E-state index in [0.29, 0.717) is 71.7 Å². The van der Waals surface area contributed by atoms with Gasteiger partial charge in [0.1, 0.15) is 0 Å². The van der Waals surface area contributed by atoms with Gasteiger partial charge in [-0.05, 0) is 31.4 Å². The van der Waals surface area contributed by atoms with Gasteiger partial charge in [0.2, 0.25) is 0 Å². The summed E-state index contributed by atoms with van der Waals surface area (Å²) in [7, 11) is 3.10. The molecule has 0 aliphatic carbocycles. The first-order chi connectivity index (χ1) is 19.5. The maximum atomic E-state index is 13.2. The van der Waals surface area contributed by atoms with Gasteiger partial charge in [-0.1, -0.05) is 12.2 Å². The molecule has 4 aliphatic rings. The molecule has 10 nitrogen and oxygen atoms in total. The second kappa shape index (κ2) is 10.7. The number of benzene rings is 2. The van der Waals surface area contributed by atoms with Gasteiger partial charge in [0.25, 0.3) is 11.8 Å². The third kappa shape index (κ3) is 4.67. The van der Waals surface area contributed by atoms with Crippen molar-refractivity contribution in [1.82, 2.24) is 9.80 Å². The van der Waals surface area contributed by atoms with Crippen LogP contribution in [0.3, 0.4) is 0 Å². The molecule has 0 spiro atoms. The van der Waals surface area contributed by atoms with Crippen LogP contribution in [0.2, 0.25) is 0 Å². The summed E-state index contributed by atoms with van der Waals surface area (Å²) in [5.74, 6) is 1.87. The van der Waals surface area contributed by atoms with Crippen LogP contribution in [-0.2, 0) is 0 Å². The zero-order chi connectivity index (χ0) is 27.8. The lowest BCUT2D eigenvalue weighted by atomic mass is 10.1. The van der Waals surface area contributed by atoms with Gasteiger partial charge in [-0.2, -0.15) is 0 Å². The molecule has 2 aromatic rings. The molecule has 208 valence electrons. The summed E-state index contributed by atoms with van der Waals surface area (Å²) in [6.45, 7) is 6.00. The third-order valence-electron chi connectivity index (χ3n) is 7.71. The first-order valence-corrected chi connectivity index (χ1v) is 13.5. The number of carbonyl (C=O) groups is 2. The van der Waals surface area contributed by atoms with Gasteiger partial charge >= 0.3 is 0 Å². The Morgan fingerprint density at radius 2 is 1.40 bits per heavy atom. The Kier molecular flexibility index (Phi) is 6.91. The molecule has 2 aromatic carbocycles. The van der Waals surface area contributed by atoms with Gasteiger partial charge in [-0.25, -0.2) is 0 Å². The van der Waals surface area contributed by atoms with Crippen LogP contribution in [0.25, 0.3) is 0 Å². The molecule has 0 radical (unpaired) electrons. The number of fused-ring (bicyclic) bond motifs is 4. The van der Waals surface area contributed by atoms with Crippen LogP contribution in [0.5, 0.6) is 23.0 Å². The molecule has 10 heteroatoms. The number of nitrogens with zero attached hydrogens (tertiary/aromatic N) is 4. The zero-order valence-electron chi connectivity index (χ0n) is 22.7. The highest BCUT2D eigenvalue weighted by molar-refractivity contribution is 6.04. The normalized spacial score (nSPS) is 20.9. The standard InChI is InChI=1S/C30H32N4O6/c1-18-10-20-16-32-24-14-28(26(38-3)12-22(24)30(36)34(20)17-18)40-9-5-8-39-27-13-23-21(11-25(27)37-2)29(35)33-7-4-6-19(33)15-31-23/h11-16,19-20H,1,4-10,17H2,2-3H3/t19?,20-/m0/s1. The number of hydrogen-bond donors (Lipinski definition) is 0. The molecule has 4 aliphatic heterocycles.